The number of H-pyrrole nitrogens is 1. The SMILES string of the molecule is CCc1c(-c2cc(Cc3n[nH]c(=O)c4ccccc34)ccc2F)ccc2c1nc(NC(=O)O)n2CC. The second-order valence-electron chi connectivity index (χ2n) is 8.46. The molecule has 2 aromatic heterocycles. The van der Waals surface area contributed by atoms with Gasteiger partial charge in [-0.25, -0.2) is 19.3 Å². The molecular weight excluding hydrogens is 461 g/mol. The molecule has 0 aliphatic heterocycles. The molecule has 3 N–H and O–H groups in total. The van der Waals surface area contributed by atoms with E-state index in [1.807, 2.05) is 38.1 Å². The van der Waals surface area contributed by atoms with Gasteiger partial charge < -0.3 is 9.67 Å². The first-order valence-corrected chi connectivity index (χ1v) is 11.7. The van der Waals surface area contributed by atoms with Crippen molar-refractivity contribution in [2.45, 2.75) is 33.2 Å². The van der Waals surface area contributed by atoms with Crippen LogP contribution in [0.15, 0.2) is 59.4 Å². The molecule has 1 amide bonds. The lowest BCUT2D eigenvalue weighted by atomic mass is 9.94. The van der Waals surface area contributed by atoms with Crippen LogP contribution in [0, 0.1) is 5.82 Å². The number of benzene rings is 3. The van der Waals surface area contributed by atoms with Crippen molar-refractivity contribution in [3.63, 3.8) is 0 Å². The number of rotatable bonds is 6. The van der Waals surface area contributed by atoms with Crippen LogP contribution >= 0.6 is 0 Å². The van der Waals surface area contributed by atoms with E-state index in [0.717, 1.165) is 22.0 Å². The van der Waals surface area contributed by atoms with Crippen LogP contribution in [0.3, 0.4) is 0 Å². The summed E-state index contributed by atoms with van der Waals surface area (Å²) in [6.45, 7) is 4.40. The van der Waals surface area contributed by atoms with Crippen molar-refractivity contribution >= 4 is 33.8 Å². The van der Waals surface area contributed by atoms with Crippen molar-refractivity contribution in [2.75, 3.05) is 5.32 Å². The first kappa shape index (κ1) is 23.2. The second kappa shape index (κ2) is 9.26. The number of aromatic amines is 1. The zero-order chi connectivity index (χ0) is 25.4. The predicted octanol–water partition coefficient (Wildman–Crippen LogP) is 5.34. The highest BCUT2D eigenvalue weighted by Gasteiger charge is 2.19. The highest BCUT2D eigenvalue weighted by molar-refractivity contribution is 5.91. The van der Waals surface area contributed by atoms with E-state index >= 15 is 4.39 Å². The van der Waals surface area contributed by atoms with Crippen molar-refractivity contribution in [2.24, 2.45) is 0 Å². The number of nitrogens with one attached hydrogen (secondary N) is 2. The predicted molar refractivity (Wildman–Crippen MR) is 137 cm³/mol. The zero-order valence-electron chi connectivity index (χ0n) is 19.8. The lowest BCUT2D eigenvalue weighted by Gasteiger charge is -2.13. The van der Waals surface area contributed by atoms with E-state index in [0.29, 0.717) is 47.1 Å². The van der Waals surface area contributed by atoms with Gasteiger partial charge in [-0.15, -0.1) is 0 Å². The summed E-state index contributed by atoms with van der Waals surface area (Å²) < 4.78 is 16.9. The Morgan fingerprint density at radius 1 is 1.08 bits per heavy atom. The van der Waals surface area contributed by atoms with Crippen LogP contribution in [-0.2, 0) is 19.4 Å². The number of halogens is 1. The van der Waals surface area contributed by atoms with Gasteiger partial charge in [-0.3, -0.25) is 10.1 Å². The van der Waals surface area contributed by atoms with Crippen molar-refractivity contribution in [3.05, 3.63) is 87.6 Å². The Kier molecular flexibility index (Phi) is 5.97. The molecule has 9 heteroatoms. The summed E-state index contributed by atoms with van der Waals surface area (Å²) in [7, 11) is 0. The number of aryl methyl sites for hydroxylation is 2. The number of carboxylic acid groups (broad SMARTS) is 1. The molecule has 2 heterocycles. The molecule has 0 bridgehead atoms. The Labute approximate surface area is 205 Å². The molecule has 8 nitrogen and oxygen atoms in total. The molecule has 0 spiro atoms. The van der Waals surface area contributed by atoms with Gasteiger partial charge in [0.2, 0.25) is 5.95 Å². The third-order valence-corrected chi connectivity index (χ3v) is 6.38. The Hall–Kier alpha value is -4.53. The number of hydrogen-bond donors (Lipinski definition) is 3. The van der Waals surface area contributed by atoms with E-state index in [4.69, 9.17) is 0 Å². The van der Waals surface area contributed by atoms with Gasteiger partial charge in [0.05, 0.1) is 22.1 Å². The number of carbonyl (C=O) groups is 1. The Balaban J connectivity index is 1.62. The van der Waals surface area contributed by atoms with Gasteiger partial charge in [0.25, 0.3) is 5.56 Å². The average Bonchev–Trinajstić information content (AvgIpc) is 3.22. The Bertz CT molecular complexity index is 1690. The monoisotopic (exact) mass is 485 g/mol. The third kappa shape index (κ3) is 3.98. The van der Waals surface area contributed by atoms with E-state index in [2.05, 4.69) is 20.5 Å². The number of amides is 1. The van der Waals surface area contributed by atoms with Crippen LogP contribution in [0.25, 0.3) is 32.9 Å². The molecular formula is C27H24FN5O3. The number of nitrogens with zero attached hydrogens (tertiary/aromatic N) is 3. The normalized spacial score (nSPS) is 11.3. The quantitative estimate of drug-likeness (QED) is 0.300. The van der Waals surface area contributed by atoms with Gasteiger partial charge in [0.15, 0.2) is 0 Å². The fraction of sp³-hybridized carbons (Fsp3) is 0.185. The summed E-state index contributed by atoms with van der Waals surface area (Å²) in [5, 5.41) is 19.7. The first-order chi connectivity index (χ1) is 17.4. The average molecular weight is 486 g/mol. The fourth-order valence-electron chi connectivity index (χ4n) is 4.76. The van der Waals surface area contributed by atoms with Crippen LogP contribution in [0.4, 0.5) is 15.1 Å². The van der Waals surface area contributed by atoms with Crippen LogP contribution in [0.5, 0.6) is 0 Å². The smallest absolute Gasteiger partial charge is 0.411 e. The zero-order valence-corrected chi connectivity index (χ0v) is 19.8. The summed E-state index contributed by atoms with van der Waals surface area (Å²) in [5.41, 5.74) is 4.66. The fourth-order valence-corrected chi connectivity index (χ4v) is 4.76. The van der Waals surface area contributed by atoms with E-state index in [-0.39, 0.29) is 17.3 Å². The summed E-state index contributed by atoms with van der Waals surface area (Å²) in [5.74, 6) is -0.136. The second-order valence-corrected chi connectivity index (χ2v) is 8.46. The summed E-state index contributed by atoms with van der Waals surface area (Å²) in [6, 6.07) is 15.9. The van der Waals surface area contributed by atoms with E-state index < -0.39 is 6.09 Å². The van der Waals surface area contributed by atoms with Gasteiger partial charge in [-0.05, 0) is 54.3 Å². The minimum Gasteiger partial charge on any atom is -0.465 e. The van der Waals surface area contributed by atoms with Gasteiger partial charge in [0, 0.05) is 23.9 Å². The molecule has 5 aromatic rings. The minimum atomic E-state index is -1.19. The van der Waals surface area contributed by atoms with E-state index in [1.165, 1.54) is 6.07 Å². The molecule has 36 heavy (non-hydrogen) atoms. The number of hydrogen-bond acceptors (Lipinski definition) is 4. The summed E-state index contributed by atoms with van der Waals surface area (Å²) in [4.78, 5) is 27.9. The van der Waals surface area contributed by atoms with Gasteiger partial charge in [-0.1, -0.05) is 37.3 Å². The van der Waals surface area contributed by atoms with Crippen LogP contribution in [-0.4, -0.2) is 30.9 Å². The summed E-state index contributed by atoms with van der Waals surface area (Å²) >= 11 is 0. The molecule has 0 unspecified atom stereocenters. The molecule has 3 aromatic carbocycles. The maximum Gasteiger partial charge on any atom is 0.411 e. The van der Waals surface area contributed by atoms with Crippen molar-refractivity contribution in [1.82, 2.24) is 19.7 Å². The molecule has 182 valence electrons. The first-order valence-electron chi connectivity index (χ1n) is 11.7. The molecule has 0 fully saturated rings. The van der Waals surface area contributed by atoms with Gasteiger partial charge in [0.1, 0.15) is 5.82 Å². The van der Waals surface area contributed by atoms with Crippen molar-refractivity contribution < 1.29 is 14.3 Å². The van der Waals surface area contributed by atoms with Gasteiger partial charge in [-0.2, -0.15) is 5.10 Å². The van der Waals surface area contributed by atoms with Crippen LogP contribution in [0.2, 0.25) is 0 Å². The molecule has 0 radical (unpaired) electrons. The highest BCUT2D eigenvalue weighted by atomic mass is 19.1. The van der Waals surface area contributed by atoms with Crippen LogP contribution < -0.4 is 10.9 Å². The van der Waals surface area contributed by atoms with Gasteiger partial charge >= 0.3 is 6.09 Å². The Morgan fingerprint density at radius 2 is 1.86 bits per heavy atom. The number of imidazole rings is 1. The number of fused-ring (bicyclic) bond motifs is 2. The molecule has 0 saturated heterocycles. The molecule has 0 atom stereocenters. The highest BCUT2D eigenvalue weighted by Crippen LogP contribution is 2.34. The maximum atomic E-state index is 15.2. The molecule has 0 aliphatic rings. The maximum absolute atomic E-state index is 15.2. The Morgan fingerprint density at radius 3 is 2.58 bits per heavy atom. The molecule has 5 rings (SSSR count). The standard InChI is InChI=1S/C27H24FN5O3/c1-3-16-17(10-12-23-24(16)29-26(30-27(35)36)33(23)4-2)20-13-15(9-11-21(20)28)14-22-18-7-5-6-8-19(18)25(34)32-31-22/h5-13H,3-4,14H2,1-2H3,(H,29,30)(H,32,34)(H,35,36). The third-order valence-electron chi connectivity index (χ3n) is 6.38. The largest absolute Gasteiger partial charge is 0.465 e. The number of anilines is 1. The van der Waals surface area contributed by atoms with E-state index in [1.54, 1.807) is 28.8 Å². The van der Waals surface area contributed by atoms with Crippen molar-refractivity contribution in [3.8, 4) is 11.1 Å². The molecule has 0 aliphatic carbocycles. The van der Waals surface area contributed by atoms with Crippen molar-refractivity contribution in [1.29, 1.82) is 0 Å². The lowest BCUT2D eigenvalue weighted by molar-refractivity contribution is 0.209. The molecule has 0 saturated carbocycles. The van der Waals surface area contributed by atoms with Crippen LogP contribution in [0.1, 0.15) is 30.7 Å². The lowest BCUT2D eigenvalue weighted by Crippen LogP contribution is -2.12. The minimum absolute atomic E-state index is 0.233. The topological polar surface area (TPSA) is 113 Å². The summed E-state index contributed by atoms with van der Waals surface area (Å²) in [6.07, 6.45) is -0.207. The number of aromatic nitrogens is 4. The van der Waals surface area contributed by atoms with E-state index in [9.17, 15) is 14.7 Å².